The number of benzene rings is 3. The minimum absolute atomic E-state index is 0.000900. The molecule has 3 aromatic carbocycles. The molecule has 0 saturated carbocycles. The second-order valence-corrected chi connectivity index (χ2v) is 9.62. The zero-order valence-electron chi connectivity index (χ0n) is 19.0. The van der Waals surface area contributed by atoms with Crippen LogP contribution in [0.2, 0.25) is 0 Å². The second kappa shape index (κ2) is 9.33. The standard InChI is InChI=1S/C27H26BrN3O3/c1-3-34-27(33)18-11-13-21(14-12-18)31-25(19-5-4-6-20(28)15-19)22-23(29-30-24(22)26(31)32)17-9-7-16(2)8-10-17/h4-15,22-25,29-30H,3H2,1-2H3. The number of carbonyl (C=O) groups excluding carboxylic acids is 2. The Balaban J connectivity index is 1.57. The van der Waals surface area contributed by atoms with Gasteiger partial charge >= 0.3 is 5.97 Å². The molecular weight excluding hydrogens is 494 g/mol. The molecular formula is C27H26BrN3O3. The van der Waals surface area contributed by atoms with E-state index in [-0.39, 0.29) is 35.9 Å². The van der Waals surface area contributed by atoms with E-state index in [0.717, 1.165) is 21.3 Å². The van der Waals surface area contributed by atoms with E-state index < -0.39 is 0 Å². The molecule has 34 heavy (non-hydrogen) atoms. The van der Waals surface area contributed by atoms with E-state index in [2.05, 4.69) is 70.1 Å². The van der Waals surface area contributed by atoms with Gasteiger partial charge in [-0.25, -0.2) is 15.6 Å². The first-order valence-electron chi connectivity index (χ1n) is 11.4. The van der Waals surface area contributed by atoms with Gasteiger partial charge in [-0.3, -0.25) is 4.79 Å². The fourth-order valence-electron chi connectivity index (χ4n) is 5.02. The van der Waals surface area contributed by atoms with Crippen LogP contribution in [0.15, 0.2) is 77.3 Å². The van der Waals surface area contributed by atoms with E-state index in [9.17, 15) is 9.59 Å². The molecule has 2 heterocycles. The van der Waals surface area contributed by atoms with Crippen LogP contribution < -0.4 is 15.8 Å². The Morgan fingerprint density at radius 3 is 2.35 bits per heavy atom. The molecule has 2 aliphatic heterocycles. The first-order chi connectivity index (χ1) is 16.5. The molecule has 174 valence electrons. The van der Waals surface area contributed by atoms with Crippen LogP contribution in [0, 0.1) is 12.8 Å². The normalized spacial score (nSPS) is 23.7. The number of halogens is 1. The molecule has 7 heteroatoms. The Bertz CT molecular complexity index is 1210. The summed E-state index contributed by atoms with van der Waals surface area (Å²) in [5, 5.41) is 0. The van der Waals surface area contributed by atoms with Gasteiger partial charge in [0.2, 0.25) is 5.91 Å². The summed E-state index contributed by atoms with van der Waals surface area (Å²) < 4.78 is 6.07. The van der Waals surface area contributed by atoms with E-state index >= 15 is 0 Å². The van der Waals surface area contributed by atoms with E-state index in [1.807, 2.05) is 29.2 Å². The number of aryl methyl sites for hydroxylation is 1. The molecule has 0 spiro atoms. The highest BCUT2D eigenvalue weighted by Gasteiger charge is 2.56. The molecule has 4 atom stereocenters. The number of hydrazine groups is 1. The van der Waals surface area contributed by atoms with Gasteiger partial charge in [0.15, 0.2) is 0 Å². The minimum atomic E-state index is -0.375. The number of hydrogen-bond acceptors (Lipinski definition) is 5. The number of hydrogen-bond donors (Lipinski definition) is 2. The van der Waals surface area contributed by atoms with Crippen molar-refractivity contribution in [3.05, 3.63) is 99.5 Å². The SMILES string of the molecule is CCOC(=O)c1ccc(N2C(=O)C3NNC(c4ccc(C)cc4)C3C2c2cccc(Br)c2)cc1. The van der Waals surface area contributed by atoms with Crippen LogP contribution >= 0.6 is 15.9 Å². The highest BCUT2D eigenvalue weighted by Crippen LogP contribution is 2.49. The number of ether oxygens (including phenoxy) is 1. The maximum Gasteiger partial charge on any atom is 0.338 e. The lowest BCUT2D eigenvalue weighted by atomic mass is 9.83. The fourth-order valence-corrected chi connectivity index (χ4v) is 5.43. The highest BCUT2D eigenvalue weighted by molar-refractivity contribution is 9.10. The zero-order chi connectivity index (χ0) is 23.8. The zero-order valence-corrected chi connectivity index (χ0v) is 20.6. The molecule has 0 aliphatic carbocycles. The van der Waals surface area contributed by atoms with Crippen LogP contribution in [0.3, 0.4) is 0 Å². The lowest BCUT2D eigenvalue weighted by molar-refractivity contribution is -0.119. The predicted molar refractivity (Wildman–Crippen MR) is 134 cm³/mol. The second-order valence-electron chi connectivity index (χ2n) is 8.71. The lowest BCUT2D eigenvalue weighted by Gasteiger charge is -2.31. The van der Waals surface area contributed by atoms with E-state index in [1.54, 1.807) is 19.1 Å². The number of fused-ring (bicyclic) bond motifs is 1. The molecule has 6 nitrogen and oxygen atoms in total. The van der Waals surface area contributed by atoms with Gasteiger partial charge in [0.25, 0.3) is 0 Å². The summed E-state index contributed by atoms with van der Waals surface area (Å²) in [6, 6.07) is 23.0. The fraction of sp³-hybridized carbons (Fsp3) is 0.259. The van der Waals surface area contributed by atoms with Gasteiger partial charge in [-0.15, -0.1) is 0 Å². The highest BCUT2D eigenvalue weighted by atomic mass is 79.9. The first kappa shape index (κ1) is 22.8. The average molecular weight is 520 g/mol. The summed E-state index contributed by atoms with van der Waals surface area (Å²) in [4.78, 5) is 27.7. The van der Waals surface area contributed by atoms with Crippen molar-refractivity contribution in [3.63, 3.8) is 0 Å². The molecule has 2 fully saturated rings. The van der Waals surface area contributed by atoms with E-state index in [0.29, 0.717) is 12.2 Å². The number of esters is 1. The molecule has 0 bridgehead atoms. The van der Waals surface area contributed by atoms with Crippen molar-refractivity contribution in [1.82, 2.24) is 10.9 Å². The Hall–Kier alpha value is -3.00. The summed E-state index contributed by atoms with van der Waals surface area (Å²) in [7, 11) is 0. The van der Waals surface area contributed by atoms with Crippen LogP contribution in [-0.4, -0.2) is 24.5 Å². The van der Waals surface area contributed by atoms with Crippen LogP contribution in [0.5, 0.6) is 0 Å². The largest absolute Gasteiger partial charge is 0.462 e. The van der Waals surface area contributed by atoms with Crippen molar-refractivity contribution in [2.45, 2.75) is 32.0 Å². The molecule has 0 aromatic heterocycles. The third-order valence-corrected chi connectivity index (χ3v) is 7.09. The molecule has 2 saturated heterocycles. The number of nitrogens with zero attached hydrogens (tertiary/aromatic N) is 1. The number of anilines is 1. The monoisotopic (exact) mass is 519 g/mol. The van der Waals surface area contributed by atoms with Crippen molar-refractivity contribution in [2.24, 2.45) is 5.92 Å². The third-order valence-electron chi connectivity index (χ3n) is 6.59. The minimum Gasteiger partial charge on any atom is -0.462 e. The summed E-state index contributed by atoms with van der Waals surface area (Å²) in [5.41, 5.74) is 11.2. The average Bonchev–Trinajstić information content (AvgIpc) is 3.39. The van der Waals surface area contributed by atoms with Gasteiger partial charge in [0.1, 0.15) is 6.04 Å². The maximum atomic E-state index is 13.7. The summed E-state index contributed by atoms with van der Waals surface area (Å²) in [5.74, 6) is -0.400. The van der Waals surface area contributed by atoms with Gasteiger partial charge in [-0.05, 0) is 61.4 Å². The summed E-state index contributed by atoms with van der Waals surface area (Å²) in [6.07, 6.45) is 0. The van der Waals surface area contributed by atoms with Crippen LogP contribution in [0.25, 0.3) is 0 Å². The van der Waals surface area contributed by atoms with Crippen LogP contribution in [0.1, 0.15) is 46.1 Å². The third kappa shape index (κ3) is 4.04. The van der Waals surface area contributed by atoms with Gasteiger partial charge in [-0.1, -0.05) is 57.9 Å². The van der Waals surface area contributed by atoms with Crippen molar-refractivity contribution in [3.8, 4) is 0 Å². The molecule has 1 amide bonds. The van der Waals surface area contributed by atoms with Gasteiger partial charge < -0.3 is 9.64 Å². The van der Waals surface area contributed by atoms with Gasteiger partial charge in [-0.2, -0.15) is 0 Å². The smallest absolute Gasteiger partial charge is 0.338 e. The van der Waals surface area contributed by atoms with Crippen LogP contribution in [-0.2, 0) is 9.53 Å². The Labute approximate surface area is 207 Å². The van der Waals surface area contributed by atoms with E-state index in [1.165, 1.54) is 5.56 Å². The van der Waals surface area contributed by atoms with Crippen LogP contribution in [0.4, 0.5) is 5.69 Å². The summed E-state index contributed by atoms with van der Waals surface area (Å²) >= 11 is 3.60. The molecule has 5 rings (SSSR count). The molecule has 4 unspecified atom stereocenters. The van der Waals surface area contributed by atoms with Gasteiger partial charge in [0.05, 0.1) is 24.3 Å². The predicted octanol–water partition coefficient (Wildman–Crippen LogP) is 4.86. The van der Waals surface area contributed by atoms with Crippen molar-refractivity contribution in [1.29, 1.82) is 0 Å². The molecule has 2 aliphatic rings. The lowest BCUT2D eigenvalue weighted by Crippen LogP contribution is -2.41. The number of amides is 1. The Morgan fingerprint density at radius 2 is 1.68 bits per heavy atom. The Kier molecular flexibility index (Phi) is 6.25. The number of rotatable bonds is 5. The topological polar surface area (TPSA) is 70.7 Å². The first-order valence-corrected chi connectivity index (χ1v) is 12.2. The Morgan fingerprint density at radius 1 is 0.971 bits per heavy atom. The quantitative estimate of drug-likeness (QED) is 0.471. The van der Waals surface area contributed by atoms with Crippen molar-refractivity contribution < 1.29 is 14.3 Å². The van der Waals surface area contributed by atoms with E-state index in [4.69, 9.17) is 4.74 Å². The maximum absolute atomic E-state index is 13.7. The number of nitrogens with one attached hydrogen (secondary N) is 2. The molecule has 2 N–H and O–H groups in total. The van der Waals surface area contributed by atoms with Crippen molar-refractivity contribution >= 4 is 33.5 Å². The molecule has 0 radical (unpaired) electrons. The van der Waals surface area contributed by atoms with Crippen molar-refractivity contribution in [2.75, 3.05) is 11.5 Å². The molecule has 3 aromatic rings. The van der Waals surface area contributed by atoms with Gasteiger partial charge in [0, 0.05) is 16.1 Å². The summed E-state index contributed by atoms with van der Waals surface area (Å²) in [6.45, 7) is 4.17. The number of carbonyl (C=O) groups is 2.